The van der Waals surface area contributed by atoms with Crippen molar-refractivity contribution in [3.05, 3.63) is 253 Å². The minimum absolute atomic E-state index is 0.560. The molecule has 0 atom stereocenters. The summed E-state index contributed by atoms with van der Waals surface area (Å²) in [6.07, 6.45) is 0. The van der Waals surface area contributed by atoms with E-state index >= 15 is 0 Å². The molecule has 9 aromatic carbocycles. The van der Waals surface area contributed by atoms with Crippen molar-refractivity contribution in [2.24, 2.45) is 0 Å². The standard InChI is InChI=1S/C59H38N2O/c1-3-15-39(16-4-1)41-27-31-43(32-28-41)54-38-55(61-58(60-54)44-33-29-42(30-34-44)40-17-5-2-6-18-40)49-22-8-7-19-46(49)45-35-36-57-53(37-45)59(52-25-13-14-26-56(52)62-57)50-23-11-9-20-47(50)48-21-10-12-24-51(48)59/h1-38H. The lowest BCUT2D eigenvalue weighted by atomic mass is 9.65. The highest BCUT2D eigenvalue weighted by atomic mass is 16.5. The Kier molecular flexibility index (Phi) is 8.39. The number of fused-ring (bicyclic) bond motifs is 9. The second-order valence-corrected chi connectivity index (χ2v) is 16.0. The van der Waals surface area contributed by atoms with Gasteiger partial charge in [0.1, 0.15) is 11.5 Å². The maximum absolute atomic E-state index is 6.78. The molecule has 12 rings (SSSR count). The molecule has 1 aliphatic carbocycles. The van der Waals surface area contributed by atoms with Crippen LogP contribution >= 0.6 is 0 Å². The quantitative estimate of drug-likeness (QED) is 0.168. The van der Waals surface area contributed by atoms with Crippen LogP contribution in [0.25, 0.3) is 78.4 Å². The third-order valence-corrected chi connectivity index (χ3v) is 12.6. The van der Waals surface area contributed by atoms with Crippen LogP contribution in [0.5, 0.6) is 11.5 Å². The van der Waals surface area contributed by atoms with Crippen LogP contribution in [0, 0.1) is 0 Å². The minimum Gasteiger partial charge on any atom is -0.457 e. The van der Waals surface area contributed by atoms with Gasteiger partial charge in [-0.3, -0.25) is 0 Å². The van der Waals surface area contributed by atoms with Crippen molar-refractivity contribution in [3.63, 3.8) is 0 Å². The Balaban J connectivity index is 1.03. The summed E-state index contributed by atoms with van der Waals surface area (Å²) in [6, 6.07) is 81.9. The van der Waals surface area contributed by atoms with Gasteiger partial charge >= 0.3 is 0 Å². The lowest BCUT2D eigenvalue weighted by Crippen LogP contribution is -2.32. The van der Waals surface area contributed by atoms with Crippen molar-refractivity contribution in [1.82, 2.24) is 9.97 Å². The molecule has 0 radical (unpaired) electrons. The predicted molar refractivity (Wildman–Crippen MR) is 252 cm³/mol. The van der Waals surface area contributed by atoms with Gasteiger partial charge in [-0.25, -0.2) is 9.97 Å². The summed E-state index contributed by atoms with van der Waals surface area (Å²) in [5.41, 5.74) is 18.3. The van der Waals surface area contributed by atoms with Crippen molar-refractivity contribution in [1.29, 1.82) is 0 Å². The van der Waals surface area contributed by atoms with Crippen molar-refractivity contribution in [3.8, 4) is 89.9 Å². The summed E-state index contributed by atoms with van der Waals surface area (Å²) < 4.78 is 6.78. The van der Waals surface area contributed by atoms with E-state index in [9.17, 15) is 0 Å². The van der Waals surface area contributed by atoms with E-state index in [1.54, 1.807) is 0 Å². The minimum atomic E-state index is -0.560. The van der Waals surface area contributed by atoms with E-state index in [0.29, 0.717) is 5.82 Å². The molecule has 0 fully saturated rings. The number of ether oxygens (including phenoxy) is 1. The molecule has 62 heavy (non-hydrogen) atoms. The van der Waals surface area contributed by atoms with E-state index in [1.165, 1.54) is 33.4 Å². The molecule has 0 saturated carbocycles. The highest BCUT2D eigenvalue weighted by Crippen LogP contribution is 2.62. The number of hydrogen-bond acceptors (Lipinski definition) is 3. The molecule has 0 bridgehead atoms. The molecule has 1 spiro atoms. The third kappa shape index (κ3) is 5.74. The summed E-state index contributed by atoms with van der Waals surface area (Å²) in [5.74, 6) is 2.42. The first-order valence-corrected chi connectivity index (χ1v) is 21.1. The van der Waals surface area contributed by atoms with Crippen LogP contribution in [0.1, 0.15) is 22.3 Å². The molecule has 3 heteroatoms. The van der Waals surface area contributed by atoms with E-state index < -0.39 is 5.41 Å². The fraction of sp³-hybridized carbons (Fsp3) is 0.0169. The number of aromatic nitrogens is 2. The molecule has 0 saturated heterocycles. The molecule has 1 aliphatic heterocycles. The normalized spacial score (nSPS) is 12.8. The molecule has 1 aromatic heterocycles. The van der Waals surface area contributed by atoms with Crippen LogP contribution in [0.3, 0.4) is 0 Å². The first-order chi connectivity index (χ1) is 30.7. The van der Waals surface area contributed by atoms with Gasteiger partial charge in [-0.1, -0.05) is 206 Å². The van der Waals surface area contributed by atoms with Gasteiger partial charge in [-0.15, -0.1) is 0 Å². The summed E-state index contributed by atoms with van der Waals surface area (Å²) in [4.78, 5) is 10.6. The molecule has 2 heterocycles. The smallest absolute Gasteiger partial charge is 0.160 e. The monoisotopic (exact) mass is 790 g/mol. The Bertz CT molecular complexity index is 3150. The van der Waals surface area contributed by atoms with Gasteiger partial charge < -0.3 is 4.74 Å². The fourth-order valence-corrected chi connectivity index (χ4v) is 9.75. The average Bonchev–Trinajstić information content (AvgIpc) is 3.65. The van der Waals surface area contributed by atoms with E-state index in [-0.39, 0.29) is 0 Å². The zero-order valence-electron chi connectivity index (χ0n) is 33.7. The topological polar surface area (TPSA) is 35.0 Å². The molecule has 0 N–H and O–H groups in total. The maximum atomic E-state index is 6.78. The van der Waals surface area contributed by atoms with Gasteiger partial charge in [0, 0.05) is 27.8 Å². The maximum Gasteiger partial charge on any atom is 0.160 e. The highest BCUT2D eigenvalue weighted by Gasteiger charge is 2.51. The van der Waals surface area contributed by atoms with E-state index in [0.717, 1.165) is 73.0 Å². The molecule has 0 amide bonds. The van der Waals surface area contributed by atoms with Gasteiger partial charge in [-0.05, 0) is 79.9 Å². The number of para-hydroxylation sites is 1. The molecule has 3 nitrogen and oxygen atoms in total. The van der Waals surface area contributed by atoms with Gasteiger partial charge in [0.05, 0.1) is 16.8 Å². The van der Waals surface area contributed by atoms with Crippen LogP contribution in [0.15, 0.2) is 231 Å². The zero-order chi connectivity index (χ0) is 41.0. The summed E-state index contributed by atoms with van der Waals surface area (Å²) in [7, 11) is 0. The molecule has 2 aliphatic rings. The number of rotatable bonds is 6. The predicted octanol–water partition coefficient (Wildman–Crippen LogP) is 14.9. The Morgan fingerprint density at radius 3 is 1.34 bits per heavy atom. The van der Waals surface area contributed by atoms with E-state index in [4.69, 9.17) is 14.7 Å². The second kappa shape index (κ2) is 14.5. The van der Waals surface area contributed by atoms with Crippen LogP contribution in [-0.4, -0.2) is 9.97 Å². The largest absolute Gasteiger partial charge is 0.457 e. The Hall–Kier alpha value is -8.14. The van der Waals surface area contributed by atoms with Crippen molar-refractivity contribution in [2.45, 2.75) is 5.41 Å². The van der Waals surface area contributed by atoms with Gasteiger partial charge in [0.2, 0.25) is 0 Å². The van der Waals surface area contributed by atoms with Crippen LogP contribution < -0.4 is 4.74 Å². The van der Waals surface area contributed by atoms with E-state index in [2.05, 4.69) is 218 Å². The molecular formula is C59H38N2O. The highest BCUT2D eigenvalue weighted by molar-refractivity contribution is 5.91. The van der Waals surface area contributed by atoms with Crippen molar-refractivity contribution < 1.29 is 4.74 Å². The van der Waals surface area contributed by atoms with Crippen molar-refractivity contribution >= 4 is 0 Å². The van der Waals surface area contributed by atoms with Gasteiger partial charge in [0.25, 0.3) is 0 Å². The summed E-state index contributed by atoms with van der Waals surface area (Å²) >= 11 is 0. The number of benzene rings is 9. The van der Waals surface area contributed by atoms with Crippen LogP contribution in [0.2, 0.25) is 0 Å². The number of hydrogen-bond donors (Lipinski definition) is 0. The Labute approximate surface area is 361 Å². The first-order valence-electron chi connectivity index (χ1n) is 21.1. The third-order valence-electron chi connectivity index (χ3n) is 12.6. The molecule has 10 aromatic rings. The van der Waals surface area contributed by atoms with Crippen LogP contribution in [0.4, 0.5) is 0 Å². The number of nitrogens with zero attached hydrogens (tertiary/aromatic N) is 2. The Morgan fingerprint density at radius 2 is 0.710 bits per heavy atom. The molecule has 290 valence electrons. The molecule has 0 unspecified atom stereocenters. The molecular weight excluding hydrogens is 753 g/mol. The summed E-state index contributed by atoms with van der Waals surface area (Å²) in [6.45, 7) is 0. The average molecular weight is 791 g/mol. The first kappa shape index (κ1) is 35.8. The zero-order valence-corrected chi connectivity index (χ0v) is 33.7. The Morgan fingerprint density at radius 1 is 0.274 bits per heavy atom. The second-order valence-electron chi connectivity index (χ2n) is 16.0. The van der Waals surface area contributed by atoms with E-state index in [1.807, 2.05) is 12.1 Å². The van der Waals surface area contributed by atoms with Gasteiger partial charge in [0.15, 0.2) is 5.82 Å². The lowest BCUT2D eigenvalue weighted by molar-refractivity contribution is 0.436. The fourth-order valence-electron chi connectivity index (χ4n) is 9.75. The lowest BCUT2D eigenvalue weighted by Gasteiger charge is -2.39. The van der Waals surface area contributed by atoms with Gasteiger partial charge in [-0.2, -0.15) is 0 Å². The van der Waals surface area contributed by atoms with Crippen molar-refractivity contribution in [2.75, 3.05) is 0 Å². The summed E-state index contributed by atoms with van der Waals surface area (Å²) in [5, 5.41) is 0. The van der Waals surface area contributed by atoms with Crippen LogP contribution in [-0.2, 0) is 5.41 Å². The SMILES string of the molecule is c1ccc(-c2ccc(-c3cc(-c4ccccc4-c4ccc5c(c4)C4(c6ccccc6O5)c5ccccc5-c5ccccc54)nc(-c4ccc(-c5ccccc5)cc4)n3)cc2)cc1.